The van der Waals surface area contributed by atoms with Gasteiger partial charge in [0.1, 0.15) is 5.82 Å². The van der Waals surface area contributed by atoms with Crippen LogP contribution in [0.3, 0.4) is 0 Å². The average molecular weight is 493 g/mol. The van der Waals surface area contributed by atoms with E-state index >= 15 is 4.39 Å². The van der Waals surface area contributed by atoms with Gasteiger partial charge in [-0.25, -0.2) is 13.2 Å². The summed E-state index contributed by atoms with van der Waals surface area (Å²) in [6.07, 6.45) is 10.6. The second-order valence-corrected chi connectivity index (χ2v) is 9.70. The highest BCUT2D eigenvalue weighted by Crippen LogP contribution is 2.34. The highest BCUT2D eigenvalue weighted by atomic mass is 19.2. The Morgan fingerprint density at radius 1 is 0.833 bits per heavy atom. The van der Waals surface area contributed by atoms with Gasteiger partial charge in [0.15, 0.2) is 11.6 Å². The Hall–Kier alpha value is -2.85. The zero-order valence-corrected chi connectivity index (χ0v) is 21.2. The number of benzene rings is 3. The van der Waals surface area contributed by atoms with Crippen LogP contribution in [-0.4, -0.2) is 12.7 Å². The van der Waals surface area contributed by atoms with Crippen LogP contribution in [0.5, 0.6) is 0 Å². The number of aryl methyl sites for hydroxylation is 1. The van der Waals surface area contributed by atoms with Gasteiger partial charge in [-0.3, -0.25) is 0 Å². The first-order valence-corrected chi connectivity index (χ1v) is 13.1. The fraction of sp³-hybridized carbons (Fsp3) is 0.375. The first-order valence-electron chi connectivity index (χ1n) is 13.1. The van der Waals surface area contributed by atoms with Crippen LogP contribution >= 0.6 is 0 Å². The molecule has 0 spiro atoms. The number of allylic oxidation sites excluding steroid dienone is 1. The third kappa shape index (κ3) is 6.10. The highest BCUT2D eigenvalue weighted by molar-refractivity contribution is 5.71. The van der Waals surface area contributed by atoms with Crippen LogP contribution in [0.25, 0.3) is 22.3 Å². The zero-order chi connectivity index (χ0) is 25.5. The lowest BCUT2D eigenvalue weighted by molar-refractivity contribution is 0.0319. The second kappa shape index (κ2) is 12.4. The topological polar surface area (TPSA) is 9.23 Å². The number of rotatable bonds is 9. The fourth-order valence-electron chi connectivity index (χ4n) is 5.01. The van der Waals surface area contributed by atoms with E-state index in [4.69, 9.17) is 4.74 Å². The van der Waals surface area contributed by atoms with Crippen LogP contribution in [-0.2, 0) is 11.2 Å². The molecule has 0 saturated carbocycles. The van der Waals surface area contributed by atoms with Crippen molar-refractivity contribution in [2.45, 2.75) is 70.8 Å². The normalized spacial score (nSPS) is 18.1. The summed E-state index contributed by atoms with van der Waals surface area (Å²) in [6, 6.07) is 15.8. The summed E-state index contributed by atoms with van der Waals surface area (Å²) in [5, 5.41) is 0. The molecule has 190 valence electrons. The Bertz CT molecular complexity index is 1170. The average Bonchev–Trinajstić information content (AvgIpc) is 2.90. The van der Waals surface area contributed by atoms with Crippen molar-refractivity contribution >= 4 is 0 Å². The maximum Gasteiger partial charge on any atom is 0.166 e. The second-order valence-electron chi connectivity index (χ2n) is 9.70. The van der Waals surface area contributed by atoms with E-state index in [0.29, 0.717) is 29.7 Å². The molecule has 0 amide bonds. The van der Waals surface area contributed by atoms with E-state index in [-0.39, 0.29) is 23.4 Å². The monoisotopic (exact) mass is 492 g/mol. The Kier molecular flexibility index (Phi) is 9.03. The van der Waals surface area contributed by atoms with Crippen LogP contribution in [0.1, 0.15) is 69.4 Å². The number of halogens is 3. The van der Waals surface area contributed by atoms with Crippen molar-refractivity contribution in [3.63, 3.8) is 0 Å². The van der Waals surface area contributed by atoms with Crippen LogP contribution in [0.2, 0.25) is 0 Å². The molecule has 2 atom stereocenters. The molecule has 0 radical (unpaired) electrons. The van der Waals surface area contributed by atoms with Crippen LogP contribution in [0.4, 0.5) is 13.2 Å². The molecule has 1 nitrogen and oxygen atoms in total. The largest absolute Gasteiger partial charge is 0.374 e. The lowest BCUT2D eigenvalue weighted by Gasteiger charge is -2.28. The van der Waals surface area contributed by atoms with E-state index in [2.05, 4.69) is 6.92 Å². The molecule has 1 aliphatic heterocycles. The molecule has 1 saturated heterocycles. The van der Waals surface area contributed by atoms with E-state index in [1.807, 2.05) is 43.3 Å². The van der Waals surface area contributed by atoms with Crippen molar-refractivity contribution in [3.8, 4) is 22.3 Å². The van der Waals surface area contributed by atoms with Crippen molar-refractivity contribution in [2.24, 2.45) is 0 Å². The smallest absolute Gasteiger partial charge is 0.166 e. The van der Waals surface area contributed by atoms with E-state index in [1.165, 1.54) is 0 Å². The lowest BCUT2D eigenvalue weighted by atomic mass is 9.89. The Morgan fingerprint density at radius 2 is 1.58 bits per heavy atom. The van der Waals surface area contributed by atoms with Crippen molar-refractivity contribution < 1.29 is 17.9 Å². The SMILES string of the molecule is CC=CC1CCC(c2ccc(-c3ccc(-c4ccc(CCCCCC)c(F)c4F)cc3)cc2F)CO1. The third-order valence-electron chi connectivity index (χ3n) is 7.15. The Morgan fingerprint density at radius 3 is 2.25 bits per heavy atom. The van der Waals surface area contributed by atoms with Crippen LogP contribution in [0.15, 0.2) is 66.7 Å². The first-order chi connectivity index (χ1) is 17.5. The van der Waals surface area contributed by atoms with Crippen molar-refractivity contribution in [1.29, 1.82) is 0 Å². The van der Waals surface area contributed by atoms with Crippen LogP contribution < -0.4 is 0 Å². The molecule has 36 heavy (non-hydrogen) atoms. The minimum atomic E-state index is -0.808. The lowest BCUT2D eigenvalue weighted by Crippen LogP contribution is -2.23. The fourth-order valence-corrected chi connectivity index (χ4v) is 5.01. The summed E-state index contributed by atoms with van der Waals surface area (Å²) in [5.74, 6) is -1.75. The highest BCUT2D eigenvalue weighted by Gasteiger charge is 2.24. The molecule has 0 aromatic heterocycles. The van der Waals surface area contributed by atoms with Gasteiger partial charge in [-0.15, -0.1) is 0 Å². The predicted molar refractivity (Wildman–Crippen MR) is 142 cm³/mol. The Labute approximate surface area is 213 Å². The molecule has 3 aromatic rings. The molecular formula is C32H35F3O. The molecule has 1 aliphatic rings. The molecule has 3 aromatic carbocycles. The van der Waals surface area contributed by atoms with Gasteiger partial charge in [0.05, 0.1) is 12.7 Å². The minimum absolute atomic E-state index is 0.0513. The van der Waals surface area contributed by atoms with E-state index in [1.54, 1.807) is 30.3 Å². The van der Waals surface area contributed by atoms with Gasteiger partial charge >= 0.3 is 0 Å². The maximum absolute atomic E-state index is 15.0. The molecule has 0 bridgehead atoms. The molecule has 1 fully saturated rings. The van der Waals surface area contributed by atoms with Crippen molar-refractivity contribution in [2.75, 3.05) is 6.61 Å². The third-order valence-corrected chi connectivity index (χ3v) is 7.15. The van der Waals surface area contributed by atoms with Gasteiger partial charge in [-0.1, -0.05) is 86.9 Å². The van der Waals surface area contributed by atoms with Gasteiger partial charge in [-0.2, -0.15) is 0 Å². The van der Waals surface area contributed by atoms with Crippen molar-refractivity contribution in [3.05, 3.63) is 95.3 Å². The van der Waals surface area contributed by atoms with Gasteiger partial charge in [0, 0.05) is 11.5 Å². The number of ether oxygens (including phenoxy) is 1. The summed E-state index contributed by atoms with van der Waals surface area (Å²) in [4.78, 5) is 0. The summed E-state index contributed by atoms with van der Waals surface area (Å²) in [7, 11) is 0. The maximum atomic E-state index is 15.0. The summed E-state index contributed by atoms with van der Waals surface area (Å²) < 4.78 is 50.4. The van der Waals surface area contributed by atoms with Gasteiger partial charge in [-0.05, 0) is 66.5 Å². The van der Waals surface area contributed by atoms with E-state index < -0.39 is 11.6 Å². The Balaban J connectivity index is 1.46. The number of hydrogen-bond donors (Lipinski definition) is 0. The standard InChI is InChI=1S/C32H35F3O/c1-3-5-6-7-9-24-15-19-29(32(35)31(24)34)23-12-10-22(11-13-23)25-16-18-28(30(33)20-25)26-14-17-27(8-4-2)36-21-26/h4,8,10-13,15-16,18-20,26-27H,3,5-7,9,14,17,21H2,1-2H3. The molecule has 4 heteroatoms. The first kappa shape index (κ1) is 26.2. The summed E-state index contributed by atoms with van der Waals surface area (Å²) >= 11 is 0. The number of hydrogen-bond acceptors (Lipinski definition) is 1. The molecule has 4 rings (SSSR count). The molecule has 2 unspecified atom stereocenters. The van der Waals surface area contributed by atoms with Gasteiger partial charge in [0.25, 0.3) is 0 Å². The predicted octanol–water partition coefficient (Wildman–Crippen LogP) is 9.40. The van der Waals surface area contributed by atoms with Gasteiger partial charge < -0.3 is 4.74 Å². The molecule has 0 aliphatic carbocycles. The molecule has 0 N–H and O–H groups in total. The summed E-state index contributed by atoms with van der Waals surface area (Å²) in [6.45, 7) is 4.61. The summed E-state index contributed by atoms with van der Waals surface area (Å²) in [5.41, 5.74) is 3.53. The molecular weight excluding hydrogens is 457 g/mol. The minimum Gasteiger partial charge on any atom is -0.374 e. The quantitative estimate of drug-likeness (QED) is 0.213. The van der Waals surface area contributed by atoms with Gasteiger partial charge in [0.2, 0.25) is 0 Å². The molecule has 1 heterocycles. The van der Waals surface area contributed by atoms with Crippen LogP contribution in [0, 0.1) is 17.5 Å². The van der Waals surface area contributed by atoms with E-state index in [9.17, 15) is 8.78 Å². The van der Waals surface area contributed by atoms with Crippen molar-refractivity contribution in [1.82, 2.24) is 0 Å². The number of unbranched alkanes of at least 4 members (excludes halogenated alkanes) is 3. The zero-order valence-electron chi connectivity index (χ0n) is 21.2. The van der Waals surface area contributed by atoms with E-state index in [0.717, 1.165) is 49.7 Å².